The number of nitrogens with one attached hydrogen (secondary N) is 2. The Labute approximate surface area is 125 Å². The van der Waals surface area contributed by atoms with Crippen LogP contribution in [0, 0.1) is 0 Å². The van der Waals surface area contributed by atoms with Crippen LogP contribution in [0.15, 0.2) is 18.2 Å². The molecular weight excluding hydrogens is 293 g/mol. The summed E-state index contributed by atoms with van der Waals surface area (Å²) < 4.78 is 18.0. The van der Waals surface area contributed by atoms with Crippen LogP contribution < -0.4 is 21.1 Å². The zero-order chi connectivity index (χ0) is 15.9. The van der Waals surface area contributed by atoms with Gasteiger partial charge in [0.2, 0.25) is 0 Å². The number of primary amides is 1. The van der Waals surface area contributed by atoms with Crippen LogP contribution in [-0.4, -0.2) is 30.6 Å². The molecule has 0 saturated carbocycles. The minimum atomic E-state index is -1.42. The van der Waals surface area contributed by atoms with Crippen molar-refractivity contribution in [3.8, 4) is 5.75 Å². The van der Waals surface area contributed by atoms with E-state index in [0.717, 1.165) is 0 Å². The largest absolute Gasteiger partial charge is 0.480 e. The summed E-state index contributed by atoms with van der Waals surface area (Å²) in [4.78, 5) is 35.3. The average molecular weight is 307 g/mol. The van der Waals surface area contributed by atoms with Crippen molar-refractivity contribution in [2.45, 2.75) is 24.5 Å². The molecule has 1 spiro atoms. The maximum Gasteiger partial charge on any atom is 0.322 e. The Hall–Kier alpha value is -2.64. The number of carbonyl (C=O) groups excluding carboxylic acids is 3. The first kappa shape index (κ1) is 14.3. The molecule has 0 radical (unpaired) electrons. The van der Waals surface area contributed by atoms with E-state index in [4.69, 9.17) is 10.5 Å². The van der Waals surface area contributed by atoms with Crippen LogP contribution in [0.1, 0.15) is 17.5 Å². The maximum absolute atomic E-state index is 12.5. The number of benzene rings is 1. The van der Waals surface area contributed by atoms with E-state index >= 15 is 0 Å². The van der Waals surface area contributed by atoms with Gasteiger partial charge < -0.3 is 15.8 Å². The predicted octanol–water partition coefficient (Wildman–Crippen LogP) is -0.130. The van der Waals surface area contributed by atoms with Gasteiger partial charge in [0.05, 0.1) is 6.67 Å². The van der Waals surface area contributed by atoms with Crippen LogP contribution in [-0.2, 0) is 21.5 Å². The Bertz CT molecular complexity index is 678. The number of amides is 4. The van der Waals surface area contributed by atoms with Crippen molar-refractivity contribution in [1.82, 2.24) is 10.6 Å². The van der Waals surface area contributed by atoms with Gasteiger partial charge in [-0.15, -0.1) is 0 Å². The zero-order valence-corrected chi connectivity index (χ0v) is 11.5. The summed E-state index contributed by atoms with van der Waals surface area (Å²) in [5.74, 6) is -1.03. The van der Waals surface area contributed by atoms with Crippen LogP contribution >= 0.6 is 0 Å². The van der Waals surface area contributed by atoms with E-state index in [9.17, 15) is 18.8 Å². The highest BCUT2D eigenvalue weighted by Crippen LogP contribution is 2.41. The Morgan fingerprint density at radius 2 is 2.23 bits per heavy atom. The molecule has 2 atom stereocenters. The first-order valence-corrected chi connectivity index (χ1v) is 6.75. The molecule has 4 N–H and O–H groups in total. The third-order valence-electron chi connectivity index (χ3n) is 3.91. The van der Waals surface area contributed by atoms with Gasteiger partial charge in [-0.2, -0.15) is 0 Å². The summed E-state index contributed by atoms with van der Waals surface area (Å²) in [5, 5.41) is 4.71. The quantitative estimate of drug-likeness (QED) is 0.675. The van der Waals surface area contributed by atoms with Gasteiger partial charge in [0, 0.05) is 18.4 Å². The molecule has 8 heteroatoms. The molecule has 0 aromatic heterocycles. The second-order valence-electron chi connectivity index (χ2n) is 5.30. The number of imide groups is 1. The van der Waals surface area contributed by atoms with Crippen molar-refractivity contribution in [1.29, 1.82) is 0 Å². The first-order chi connectivity index (χ1) is 10.5. The highest BCUT2D eigenvalue weighted by atomic mass is 19.1. The number of hydrogen-bond donors (Lipinski definition) is 3. The van der Waals surface area contributed by atoms with Gasteiger partial charge in [-0.1, -0.05) is 6.07 Å². The van der Waals surface area contributed by atoms with Crippen molar-refractivity contribution in [3.63, 3.8) is 0 Å². The molecule has 22 heavy (non-hydrogen) atoms. The Morgan fingerprint density at radius 3 is 2.82 bits per heavy atom. The topological polar surface area (TPSA) is 111 Å². The molecular formula is C14H14FN3O4. The van der Waals surface area contributed by atoms with Crippen LogP contribution in [0.5, 0.6) is 5.75 Å². The van der Waals surface area contributed by atoms with Crippen molar-refractivity contribution in [2.75, 3.05) is 6.67 Å². The highest BCUT2D eigenvalue weighted by Gasteiger charge is 2.54. The summed E-state index contributed by atoms with van der Waals surface area (Å²) >= 11 is 0. The fraction of sp³-hybridized carbons (Fsp3) is 0.357. The predicted molar refractivity (Wildman–Crippen MR) is 72.7 cm³/mol. The number of rotatable bonds is 3. The Balaban J connectivity index is 2.13. The third-order valence-corrected chi connectivity index (χ3v) is 3.91. The van der Waals surface area contributed by atoms with E-state index in [-0.39, 0.29) is 18.6 Å². The molecule has 2 unspecified atom stereocenters. The third kappa shape index (κ3) is 2.07. The van der Waals surface area contributed by atoms with E-state index in [1.807, 2.05) is 0 Å². The number of carbonyl (C=O) groups is 3. The fourth-order valence-electron chi connectivity index (χ4n) is 2.84. The number of halogens is 1. The highest BCUT2D eigenvalue weighted by molar-refractivity contribution is 6.08. The first-order valence-electron chi connectivity index (χ1n) is 6.75. The van der Waals surface area contributed by atoms with Gasteiger partial charge >= 0.3 is 6.03 Å². The molecule has 1 saturated heterocycles. The van der Waals surface area contributed by atoms with E-state index in [2.05, 4.69) is 10.6 Å². The summed E-state index contributed by atoms with van der Waals surface area (Å²) in [5.41, 5.74) is 4.92. The molecule has 1 fully saturated rings. The molecule has 3 rings (SSSR count). The van der Waals surface area contributed by atoms with Crippen LogP contribution in [0.4, 0.5) is 9.18 Å². The minimum absolute atomic E-state index is 0.105. The molecule has 2 aliphatic rings. The smallest absolute Gasteiger partial charge is 0.322 e. The van der Waals surface area contributed by atoms with E-state index in [1.165, 1.54) is 0 Å². The molecule has 0 aliphatic carbocycles. The van der Waals surface area contributed by atoms with E-state index in [0.29, 0.717) is 11.1 Å². The van der Waals surface area contributed by atoms with Gasteiger partial charge in [-0.05, 0) is 17.7 Å². The van der Waals surface area contributed by atoms with E-state index < -0.39 is 36.2 Å². The normalized spacial score (nSPS) is 26.1. The number of hydrogen-bond acceptors (Lipinski definition) is 4. The molecule has 7 nitrogen and oxygen atoms in total. The number of ether oxygens (including phenoxy) is 1. The average Bonchev–Trinajstić information content (AvgIpc) is 2.74. The number of nitrogens with two attached hydrogens (primary N) is 1. The number of fused-ring (bicyclic) bond motifs is 2. The lowest BCUT2D eigenvalue weighted by Gasteiger charge is -2.36. The minimum Gasteiger partial charge on any atom is -0.480 e. The monoisotopic (exact) mass is 307 g/mol. The second kappa shape index (κ2) is 4.97. The van der Waals surface area contributed by atoms with Gasteiger partial charge in [0.25, 0.3) is 11.8 Å². The summed E-state index contributed by atoms with van der Waals surface area (Å²) in [6.07, 6.45) is -0.965. The summed E-state index contributed by atoms with van der Waals surface area (Å²) in [6, 6.07) is 4.15. The summed E-state index contributed by atoms with van der Waals surface area (Å²) in [6.45, 7) is -0.547. The maximum atomic E-state index is 12.5. The molecule has 1 aromatic rings. The second-order valence-corrected chi connectivity index (χ2v) is 5.30. The van der Waals surface area contributed by atoms with Crippen LogP contribution in [0.25, 0.3) is 0 Å². The lowest BCUT2D eigenvalue weighted by atomic mass is 9.80. The SMILES string of the molecule is NC(=O)C1CC2(NC(=O)NC2=O)c2cc(CCF)ccc2O1. The fourth-order valence-corrected chi connectivity index (χ4v) is 2.84. The van der Waals surface area contributed by atoms with Crippen LogP contribution in [0.3, 0.4) is 0 Å². The molecule has 0 bridgehead atoms. The molecule has 1 aromatic carbocycles. The standard InChI is InChI=1S/C14H14FN3O4/c15-4-3-7-1-2-9-8(5-7)14(6-10(22-9)11(16)19)12(20)17-13(21)18-14/h1-2,5,10H,3-4,6H2,(H2,16,19)(H2,17,18,20,21). The number of urea groups is 1. The lowest BCUT2D eigenvalue weighted by Crippen LogP contribution is -2.53. The Morgan fingerprint density at radius 1 is 1.45 bits per heavy atom. The van der Waals surface area contributed by atoms with E-state index in [1.54, 1.807) is 18.2 Å². The lowest BCUT2D eigenvalue weighted by molar-refractivity contribution is -0.130. The van der Waals surface area contributed by atoms with Crippen molar-refractivity contribution < 1.29 is 23.5 Å². The zero-order valence-electron chi connectivity index (χ0n) is 11.5. The molecule has 2 heterocycles. The van der Waals surface area contributed by atoms with Gasteiger partial charge in [-0.3, -0.25) is 19.3 Å². The number of aryl methyl sites for hydroxylation is 1. The van der Waals surface area contributed by atoms with Gasteiger partial charge in [0.15, 0.2) is 11.6 Å². The summed E-state index contributed by atoms with van der Waals surface area (Å²) in [7, 11) is 0. The van der Waals surface area contributed by atoms with Crippen LogP contribution in [0.2, 0.25) is 0 Å². The molecule has 2 aliphatic heterocycles. The molecule has 4 amide bonds. The van der Waals surface area contributed by atoms with Crippen molar-refractivity contribution in [3.05, 3.63) is 29.3 Å². The van der Waals surface area contributed by atoms with Gasteiger partial charge in [-0.25, -0.2) is 4.79 Å². The number of alkyl halides is 1. The molecule has 116 valence electrons. The van der Waals surface area contributed by atoms with Crippen molar-refractivity contribution in [2.24, 2.45) is 5.73 Å². The van der Waals surface area contributed by atoms with Gasteiger partial charge in [0.1, 0.15) is 5.75 Å². The Kier molecular flexibility index (Phi) is 3.23. The van der Waals surface area contributed by atoms with Crippen molar-refractivity contribution >= 4 is 17.8 Å².